The third-order valence-electron chi connectivity index (χ3n) is 1.21. The van der Waals surface area contributed by atoms with E-state index in [4.69, 9.17) is 0 Å². The number of thioether (sulfide) groups is 1. The van der Waals surface area contributed by atoms with Crippen molar-refractivity contribution in [1.82, 2.24) is 0 Å². The Labute approximate surface area is 66.9 Å². The molecule has 0 aliphatic rings. The zero-order valence-electron chi connectivity index (χ0n) is 6.48. The van der Waals surface area contributed by atoms with Crippen molar-refractivity contribution in [1.29, 1.82) is 0 Å². The molecule has 0 nitrogen and oxygen atoms in total. The molecule has 0 aromatic rings. The van der Waals surface area contributed by atoms with Crippen LogP contribution in [0.2, 0.25) is 0 Å². The van der Waals surface area contributed by atoms with Gasteiger partial charge in [0.15, 0.2) is 0 Å². The zero-order valence-corrected chi connectivity index (χ0v) is 7.29. The second kappa shape index (κ2) is 7.13. The Hall–Kier alpha value is 0.0200. The van der Waals surface area contributed by atoms with Gasteiger partial charge in [-0.05, 0) is 18.6 Å². The predicted octanol–water partition coefficient (Wildman–Crippen LogP) is 3.04. The van der Waals surface area contributed by atoms with Crippen molar-refractivity contribution < 1.29 is 4.39 Å². The standard InChI is InChI=1S/C8H15FS/c1-3-5-6-10-7-8(9)4-2/h3,8H,1,4-7H2,2H3. The maximum atomic E-state index is 12.5. The largest absolute Gasteiger partial charge is 0.247 e. The summed E-state index contributed by atoms with van der Waals surface area (Å²) >= 11 is 1.66. The van der Waals surface area contributed by atoms with Gasteiger partial charge in [-0.15, -0.1) is 6.58 Å². The van der Waals surface area contributed by atoms with Crippen molar-refractivity contribution in [3.63, 3.8) is 0 Å². The summed E-state index contributed by atoms with van der Waals surface area (Å²) < 4.78 is 12.5. The average molecular weight is 162 g/mol. The molecule has 0 saturated carbocycles. The molecule has 0 spiro atoms. The lowest BCUT2D eigenvalue weighted by Crippen LogP contribution is -2.01. The van der Waals surface area contributed by atoms with Gasteiger partial charge in [0, 0.05) is 5.75 Å². The van der Waals surface area contributed by atoms with E-state index in [-0.39, 0.29) is 0 Å². The van der Waals surface area contributed by atoms with E-state index in [9.17, 15) is 4.39 Å². The molecule has 0 amide bonds. The van der Waals surface area contributed by atoms with Crippen LogP contribution in [0.4, 0.5) is 4.39 Å². The van der Waals surface area contributed by atoms with Gasteiger partial charge in [0.2, 0.25) is 0 Å². The van der Waals surface area contributed by atoms with Crippen molar-refractivity contribution in [2.24, 2.45) is 0 Å². The number of rotatable bonds is 6. The zero-order chi connectivity index (χ0) is 7.82. The van der Waals surface area contributed by atoms with E-state index in [2.05, 4.69) is 6.58 Å². The second-order valence-electron chi connectivity index (χ2n) is 2.16. The lowest BCUT2D eigenvalue weighted by molar-refractivity contribution is 0.358. The molecule has 0 radical (unpaired) electrons. The van der Waals surface area contributed by atoms with Gasteiger partial charge in [-0.2, -0.15) is 11.8 Å². The average Bonchev–Trinajstić information content (AvgIpc) is 1.98. The Morgan fingerprint density at radius 2 is 2.40 bits per heavy atom. The highest BCUT2D eigenvalue weighted by molar-refractivity contribution is 7.99. The number of halogens is 1. The normalized spacial score (nSPS) is 13.0. The Bertz CT molecular complexity index is 83.3. The molecule has 0 aliphatic heterocycles. The summed E-state index contributed by atoms with van der Waals surface area (Å²) in [7, 11) is 0. The van der Waals surface area contributed by atoms with Crippen LogP contribution in [-0.4, -0.2) is 17.7 Å². The predicted molar refractivity (Wildman–Crippen MR) is 47.3 cm³/mol. The van der Waals surface area contributed by atoms with E-state index in [1.165, 1.54) is 0 Å². The molecular formula is C8H15FS. The van der Waals surface area contributed by atoms with Gasteiger partial charge in [0.05, 0.1) is 0 Å². The van der Waals surface area contributed by atoms with Crippen LogP contribution in [0.1, 0.15) is 19.8 Å². The Morgan fingerprint density at radius 3 is 2.90 bits per heavy atom. The van der Waals surface area contributed by atoms with Gasteiger partial charge in [0.25, 0.3) is 0 Å². The fraction of sp³-hybridized carbons (Fsp3) is 0.750. The van der Waals surface area contributed by atoms with Crippen molar-refractivity contribution in [3.8, 4) is 0 Å². The molecule has 10 heavy (non-hydrogen) atoms. The lowest BCUT2D eigenvalue weighted by Gasteiger charge is -2.02. The van der Waals surface area contributed by atoms with E-state index in [1.54, 1.807) is 11.8 Å². The van der Waals surface area contributed by atoms with Crippen molar-refractivity contribution in [2.75, 3.05) is 11.5 Å². The second-order valence-corrected chi connectivity index (χ2v) is 3.31. The highest BCUT2D eigenvalue weighted by Gasteiger charge is 2.00. The number of hydrogen-bond acceptors (Lipinski definition) is 1. The molecule has 0 bridgehead atoms. The monoisotopic (exact) mass is 162 g/mol. The number of alkyl halides is 1. The first-order chi connectivity index (χ1) is 4.81. The molecule has 1 atom stereocenters. The van der Waals surface area contributed by atoms with Crippen LogP contribution in [0.3, 0.4) is 0 Å². The summed E-state index contributed by atoms with van der Waals surface area (Å²) in [6.07, 6.45) is 2.88. The first kappa shape index (κ1) is 10.0. The molecule has 0 N–H and O–H groups in total. The minimum absolute atomic E-state index is 0.616. The molecule has 0 saturated heterocycles. The smallest absolute Gasteiger partial charge is 0.109 e. The summed E-state index contributed by atoms with van der Waals surface area (Å²) in [5, 5.41) is 0. The van der Waals surface area contributed by atoms with Crippen LogP contribution < -0.4 is 0 Å². The summed E-state index contributed by atoms with van der Waals surface area (Å²) in [5.41, 5.74) is 0. The highest BCUT2D eigenvalue weighted by Crippen LogP contribution is 2.09. The number of hydrogen-bond donors (Lipinski definition) is 0. The van der Waals surface area contributed by atoms with Crippen molar-refractivity contribution in [2.45, 2.75) is 25.9 Å². The molecule has 1 unspecified atom stereocenters. The SMILES string of the molecule is C=CCCSCC(F)CC. The van der Waals surface area contributed by atoms with Crippen LogP contribution in [0.15, 0.2) is 12.7 Å². The number of allylic oxidation sites excluding steroid dienone is 1. The van der Waals surface area contributed by atoms with Crippen LogP contribution in [0, 0.1) is 0 Å². The Balaban J connectivity index is 2.95. The first-order valence-electron chi connectivity index (χ1n) is 3.64. The molecule has 0 heterocycles. The molecular weight excluding hydrogens is 147 g/mol. The molecule has 0 rings (SSSR count). The van der Waals surface area contributed by atoms with Crippen LogP contribution >= 0.6 is 11.8 Å². The summed E-state index contributed by atoms with van der Waals surface area (Å²) in [4.78, 5) is 0. The molecule has 0 aromatic heterocycles. The summed E-state index contributed by atoms with van der Waals surface area (Å²) in [6, 6.07) is 0. The minimum atomic E-state index is -0.616. The first-order valence-corrected chi connectivity index (χ1v) is 4.79. The lowest BCUT2D eigenvalue weighted by atomic mass is 10.3. The third-order valence-corrected chi connectivity index (χ3v) is 2.33. The van der Waals surface area contributed by atoms with E-state index < -0.39 is 6.17 Å². The van der Waals surface area contributed by atoms with Crippen LogP contribution in [0.25, 0.3) is 0 Å². The Kier molecular flexibility index (Phi) is 7.15. The van der Waals surface area contributed by atoms with Gasteiger partial charge in [-0.1, -0.05) is 13.0 Å². The Morgan fingerprint density at radius 1 is 1.70 bits per heavy atom. The van der Waals surface area contributed by atoms with E-state index >= 15 is 0 Å². The van der Waals surface area contributed by atoms with Gasteiger partial charge in [-0.25, -0.2) is 4.39 Å². The highest BCUT2D eigenvalue weighted by atomic mass is 32.2. The van der Waals surface area contributed by atoms with Crippen LogP contribution in [0.5, 0.6) is 0 Å². The third kappa shape index (κ3) is 6.14. The molecule has 60 valence electrons. The van der Waals surface area contributed by atoms with Gasteiger partial charge < -0.3 is 0 Å². The maximum absolute atomic E-state index is 12.5. The van der Waals surface area contributed by atoms with Crippen molar-refractivity contribution in [3.05, 3.63) is 12.7 Å². The fourth-order valence-electron chi connectivity index (χ4n) is 0.496. The summed E-state index contributed by atoms with van der Waals surface area (Å²) in [5.74, 6) is 1.65. The van der Waals surface area contributed by atoms with E-state index in [1.807, 2.05) is 13.0 Å². The van der Waals surface area contributed by atoms with Crippen molar-refractivity contribution >= 4 is 11.8 Å². The van der Waals surface area contributed by atoms with E-state index in [0.29, 0.717) is 12.2 Å². The van der Waals surface area contributed by atoms with Gasteiger partial charge in [-0.3, -0.25) is 0 Å². The topological polar surface area (TPSA) is 0 Å². The summed E-state index contributed by atoms with van der Waals surface area (Å²) in [6.45, 7) is 5.46. The quantitative estimate of drug-likeness (QED) is 0.427. The maximum Gasteiger partial charge on any atom is 0.109 e. The fourth-order valence-corrected chi connectivity index (χ4v) is 1.49. The molecule has 0 aliphatic carbocycles. The van der Waals surface area contributed by atoms with Crippen LogP contribution in [-0.2, 0) is 0 Å². The van der Waals surface area contributed by atoms with Gasteiger partial charge in [0.1, 0.15) is 6.17 Å². The van der Waals surface area contributed by atoms with Gasteiger partial charge >= 0.3 is 0 Å². The molecule has 2 heteroatoms. The molecule has 0 aromatic carbocycles. The molecule has 0 fully saturated rings. The van der Waals surface area contributed by atoms with E-state index in [0.717, 1.165) is 12.2 Å². The minimum Gasteiger partial charge on any atom is -0.247 e.